The maximum Gasteiger partial charge on any atom is 0.240 e. The van der Waals surface area contributed by atoms with Crippen LogP contribution in [-0.2, 0) is 19.1 Å². The van der Waals surface area contributed by atoms with Gasteiger partial charge in [-0.1, -0.05) is 0 Å². The Hall–Kier alpha value is -1.18. The first-order valence-corrected chi connectivity index (χ1v) is 7.60. The number of carbonyl (C=O) groups is 2. The summed E-state index contributed by atoms with van der Waals surface area (Å²) in [5, 5.41) is 5.86. The average molecular weight is 299 g/mol. The Morgan fingerprint density at radius 1 is 1.57 bits per heavy atom. The SMILES string of the molecule is COCCNC(=O)CC1NCCN(CC2CCCO2)C1=O. The van der Waals surface area contributed by atoms with Crippen LogP contribution in [0.4, 0.5) is 0 Å². The minimum absolute atomic E-state index is 0.00126. The summed E-state index contributed by atoms with van der Waals surface area (Å²) in [5.74, 6) is -0.129. The molecular weight excluding hydrogens is 274 g/mol. The van der Waals surface area contributed by atoms with Crippen LogP contribution in [0.2, 0.25) is 0 Å². The van der Waals surface area contributed by atoms with Gasteiger partial charge in [-0.15, -0.1) is 0 Å². The highest BCUT2D eigenvalue weighted by Gasteiger charge is 2.32. The first-order valence-electron chi connectivity index (χ1n) is 7.60. The molecule has 2 rings (SSSR count). The Bertz CT molecular complexity index is 358. The molecule has 2 unspecified atom stereocenters. The summed E-state index contributed by atoms with van der Waals surface area (Å²) >= 11 is 0. The Kier molecular flexibility index (Phi) is 6.41. The lowest BCUT2D eigenvalue weighted by Gasteiger charge is -2.34. The normalized spacial score (nSPS) is 26.1. The van der Waals surface area contributed by atoms with E-state index in [-0.39, 0.29) is 24.3 Å². The Morgan fingerprint density at radius 2 is 2.43 bits per heavy atom. The van der Waals surface area contributed by atoms with Crippen molar-refractivity contribution in [1.29, 1.82) is 0 Å². The first-order chi connectivity index (χ1) is 10.2. The molecule has 2 atom stereocenters. The molecule has 0 aromatic rings. The topological polar surface area (TPSA) is 79.9 Å². The van der Waals surface area contributed by atoms with E-state index in [0.717, 1.165) is 19.4 Å². The summed E-state index contributed by atoms with van der Waals surface area (Å²) in [6, 6.07) is -0.428. The molecule has 120 valence electrons. The maximum atomic E-state index is 12.4. The third-order valence-electron chi connectivity index (χ3n) is 3.85. The third kappa shape index (κ3) is 4.94. The summed E-state index contributed by atoms with van der Waals surface area (Å²) in [4.78, 5) is 26.0. The number of nitrogens with one attached hydrogen (secondary N) is 2. The van der Waals surface area contributed by atoms with Crippen molar-refractivity contribution in [2.75, 3.05) is 46.5 Å². The molecular formula is C14H25N3O4. The Balaban J connectivity index is 1.77. The molecule has 7 heteroatoms. The van der Waals surface area contributed by atoms with Crippen LogP contribution < -0.4 is 10.6 Å². The van der Waals surface area contributed by atoms with Crippen LogP contribution in [0.25, 0.3) is 0 Å². The van der Waals surface area contributed by atoms with Gasteiger partial charge in [-0.05, 0) is 12.8 Å². The quantitative estimate of drug-likeness (QED) is 0.597. The first kappa shape index (κ1) is 16.2. The van der Waals surface area contributed by atoms with Gasteiger partial charge in [0.05, 0.1) is 25.2 Å². The summed E-state index contributed by atoms with van der Waals surface area (Å²) in [5.41, 5.74) is 0. The fourth-order valence-electron chi connectivity index (χ4n) is 2.72. The van der Waals surface area contributed by atoms with Crippen LogP contribution in [0, 0.1) is 0 Å². The van der Waals surface area contributed by atoms with E-state index in [2.05, 4.69) is 10.6 Å². The second-order valence-corrected chi connectivity index (χ2v) is 5.47. The zero-order valence-electron chi connectivity index (χ0n) is 12.6. The van der Waals surface area contributed by atoms with Gasteiger partial charge in [0.1, 0.15) is 0 Å². The molecule has 21 heavy (non-hydrogen) atoms. The molecule has 0 bridgehead atoms. The van der Waals surface area contributed by atoms with Crippen molar-refractivity contribution >= 4 is 11.8 Å². The van der Waals surface area contributed by atoms with Crippen molar-refractivity contribution in [3.05, 3.63) is 0 Å². The number of hydrogen-bond acceptors (Lipinski definition) is 5. The molecule has 2 saturated heterocycles. The number of carbonyl (C=O) groups excluding carboxylic acids is 2. The van der Waals surface area contributed by atoms with E-state index in [4.69, 9.17) is 9.47 Å². The van der Waals surface area contributed by atoms with Crippen molar-refractivity contribution in [1.82, 2.24) is 15.5 Å². The van der Waals surface area contributed by atoms with Crippen molar-refractivity contribution in [3.63, 3.8) is 0 Å². The molecule has 2 aliphatic heterocycles. The number of amides is 2. The standard InChI is InChI=1S/C14H25N3O4/c1-20-8-5-16-13(18)9-12-14(19)17(6-4-15-12)10-11-3-2-7-21-11/h11-12,15H,2-10H2,1H3,(H,16,18). The van der Waals surface area contributed by atoms with Crippen LogP contribution in [0.3, 0.4) is 0 Å². The van der Waals surface area contributed by atoms with Crippen molar-refractivity contribution < 1.29 is 19.1 Å². The zero-order valence-corrected chi connectivity index (χ0v) is 12.6. The minimum atomic E-state index is -0.428. The minimum Gasteiger partial charge on any atom is -0.383 e. The smallest absolute Gasteiger partial charge is 0.240 e. The van der Waals surface area contributed by atoms with Crippen LogP contribution in [-0.4, -0.2) is 75.4 Å². The number of piperazine rings is 1. The van der Waals surface area contributed by atoms with Crippen molar-refractivity contribution in [2.24, 2.45) is 0 Å². The second-order valence-electron chi connectivity index (χ2n) is 5.47. The predicted molar refractivity (Wildman–Crippen MR) is 76.8 cm³/mol. The number of ether oxygens (including phenoxy) is 2. The van der Waals surface area contributed by atoms with Crippen molar-refractivity contribution in [2.45, 2.75) is 31.4 Å². The van der Waals surface area contributed by atoms with E-state index in [1.165, 1.54) is 0 Å². The fraction of sp³-hybridized carbons (Fsp3) is 0.857. The van der Waals surface area contributed by atoms with Crippen LogP contribution in [0.15, 0.2) is 0 Å². The third-order valence-corrected chi connectivity index (χ3v) is 3.85. The van der Waals surface area contributed by atoms with Gasteiger partial charge in [-0.25, -0.2) is 0 Å². The van der Waals surface area contributed by atoms with E-state index in [9.17, 15) is 9.59 Å². The van der Waals surface area contributed by atoms with Gasteiger partial charge in [0, 0.05) is 39.9 Å². The summed E-state index contributed by atoms with van der Waals surface area (Å²) in [6.07, 6.45) is 2.41. The fourth-order valence-corrected chi connectivity index (χ4v) is 2.72. The Morgan fingerprint density at radius 3 is 3.14 bits per heavy atom. The van der Waals surface area contributed by atoms with E-state index in [0.29, 0.717) is 32.8 Å². The van der Waals surface area contributed by atoms with Crippen LogP contribution in [0.5, 0.6) is 0 Å². The van der Waals surface area contributed by atoms with E-state index < -0.39 is 6.04 Å². The highest BCUT2D eigenvalue weighted by molar-refractivity contribution is 5.88. The van der Waals surface area contributed by atoms with Gasteiger partial charge in [-0.3, -0.25) is 9.59 Å². The predicted octanol–water partition coefficient (Wildman–Crippen LogP) is -0.881. The van der Waals surface area contributed by atoms with Gasteiger partial charge in [0.2, 0.25) is 11.8 Å². The molecule has 0 aromatic carbocycles. The number of methoxy groups -OCH3 is 1. The molecule has 2 amide bonds. The number of hydrogen-bond donors (Lipinski definition) is 2. The largest absolute Gasteiger partial charge is 0.383 e. The molecule has 0 saturated carbocycles. The molecule has 2 heterocycles. The molecule has 2 fully saturated rings. The molecule has 0 radical (unpaired) electrons. The molecule has 0 aromatic heterocycles. The lowest BCUT2D eigenvalue weighted by molar-refractivity contribution is -0.139. The molecule has 7 nitrogen and oxygen atoms in total. The second kappa shape index (κ2) is 8.31. The van der Waals surface area contributed by atoms with Crippen molar-refractivity contribution in [3.8, 4) is 0 Å². The lowest BCUT2D eigenvalue weighted by atomic mass is 10.1. The van der Waals surface area contributed by atoms with E-state index >= 15 is 0 Å². The maximum absolute atomic E-state index is 12.4. The monoisotopic (exact) mass is 299 g/mol. The zero-order chi connectivity index (χ0) is 15.1. The Labute approximate surface area is 125 Å². The summed E-state index contributed by atoms with van der Waals surface area (Å²) in [6.45, 7) is 3.77. The highest BCUT2D eigenvalue weighted by Crippen LogP contribution is 2.15. The summed E-state index contributed by atoms with van der Waals surface area (Å²) < 4.78 is 10.5. The number of nitrogens with zero attached hydrogens (tertiary/aromatic N) is 1. The van der Waals surface area contributed by atoms with E-state index in [1.807, 2.05) is 4.90 Å². The van der Waals surface area contributed by atoms with E-state index in [1.54, 1.807) is 7.11 Å². The van der Waals surface area contributed by atoms with Gasteiger partial charge < -0.3 is 25.0 Å². The van der Waals surface area contributed by atoms with Gasteiger partial charge in [0.25, 0.3) is 0 Å². The van der Waals surface area contributed by atoms with Crippen LogP contribution >= 0.6 is 0 Å². The van der Waals surface area contributed by atoms with Gasteiger partial charge in [0.15, 0.2) is 0 Å². The van der Waals surface area contributed by atoms with Gasteiger partial charge in [-0.2, -0.15) is 0 Å². The van der Waals surface area contributed by atoms with Gasteiger partial charge >= 0.3 is 0 Å². The molecule has 2 N–H and O–H groups in total. The lowest BCUT2D eigenvalue weighted by Crippen LogP contribution is -2.57. The average Bonchev–Trinajstić information content (AvgIpc) is 2.96. The molecule has 0 aliphatic carbocycles. The number of rotatable bonds is 7. The highest BCUT2D eigenvalue weighted by atomic mass is 16.5. The summed E-state index contributed by atoms with van der Waals surface area (Å²) in [7, 11) is 1.58. The molecule has 2 aliphatic rings. The van der Waals surface area contributed by atoms with Crippen LogP contribution in [0.1, 0.15) is 19.3 Å². The molecule has 0 spiro atoms.